The first-order chi connectivity index (χ1) is 23.5. The molecule has 49 heavy (non-hydrogen) atoms. The molecule has 0 aliphatic carbocycles. The van der Waals surface area contributed by atoms with Crippen molar-refractivity contribution in [2.24, 2.45) is 16.5 Å². The lowest BCUT2D eigenvalue weighted by Gasteiger charge is -2.25. The first-order valence-corrected chi connectivity index (χ1v) is 16.3. The van der Waals surface area contributed by atoms with Crippen molar-refractivity contribution in [1.29, 1.82) is 0 Å². The molecule has 11 N–H and O–H groups in total. The van der Waals surface area contributed by atoms with Crippen molar-refractivity contribution in [1.82, 2.24) is 41.2 Å². The van der Waals surface area contributed by atoms with Crippen LogP contribution in [0.4, 0.5) is 0 Å². The van der Waals surface area contributed by atoms with Crippen LogP contribution in [0.25, 0.3) is 10.9 Å². The number of fused-ring (bicyclic) bond motifs is 1. The van der Waals surface area contributed by atoms with Crippen LogP contribution >= 0.6 is 11.3 Å². The number of para-hydroxylation sites is 1. The highest BCUT2D eigenvalue weighted by atomic mass is 32.1. The van der Waals surface area contributed by atoms with Crippen LogP contribution in [0, 0.1) is 0 Å². The Labute approximate surface area is 284 Å². The van der Waals surface area contributed by atoms with Crippen molar-refractivity contribution in [2.45, 2.75) is 63.2 Å². The zero-order valence-electron chi connectivity index (χ0n) is 26.6. The number of nitrogens with two attached hydrogens (primary N) is 2. The van der Waals surface area contributed by atoms with Crippen LogP contribution in [0.15, 0.2) is 58.9 Å². The predicted octanol–water partition coefficient (Wildman–Crippen LogP) is -0.527. The standard InChI is InChI=1S/C31H39N11O6S/c1-17(43)39-24(10-19-13-34-15-37-19)28(45)41-25(11-20-14-49-16-38-20)29(46)40-23(7-4-8-35-31(32)33)27(44)42-26(30(47)48)9-18-12-36-22-6-3-2-5-21(18)22/h2-3,5-6,12-16,23-26,36H,4,7-11H2,1H3,(H,34,37)(H,39,43)(H,40,46)(H,41,45)(H,42,44)(H,47,48)(H4,32,33,35)/t23-,24-,25?,26-/m0/s1. The number of aromatic nitrogens is 4. The van der Waals surface area contributed by atoms with E-state index in [1.54, 1.807) is 17.1 Å². The number of rotatable bonds is 18. The van der Waals surface area contributed by atoms with E-state index in [0.717, 1.165) is 10.9 Å². The summed E-state index contributed by atoms with van der Waals surface area (Å²) in [5.41, 5.74) is 15.0. The molecule has 0 bridgehead atoms. The minimum absolute atomic E-state index is 0.0247. The van der Waals surface area contributed by atoms with E-state index >= 15 is 0 Å². The number of carbonyl (C=O) groups excluding carboxylic acids is 4. The average Bonchev–Trinajstić information content (AvgIpc) is 3.84. The highest BCUT2D eigenvalue weighted by molar-refractivity contribution is 7.07. The summed E-state index contributed by atoms with van der Waals surface area (Å²) in [6.07, 6.45) is 4.95. The van der Waals surface area contributed by atoms with Gasteiger partial charge in [-0.2, -0.15) is 0 Å². The summed E-state index contributed by atoms with van der Waals surface area (Å²) >= 11 is 1.30. The number of benzene rings is 1. The third kappa shape index (κ3) is 10.9. The first-order valence-electron chi connectivity index (χ1n) is 15.4. The van der Waals surface area contributed by atoms with Gasteiger partial charge in [-0.3, -0.25) is 24.2 Å². The molecule has 1 aromatic carbocycles. The third-order valence-electron chi connectivity index (χ3n) is 7.49. The van der Waals surface area contributed by atoms with Crippen molar-refractivity contribution in [3.8, 4) is 0 Å². The number of hydrogen-bond donors (Lipinski definition) is 9. The van der Waals surface area contributed by atoms with E-state index in [9.17, 15) is 29.1 Å². The Kier molecular flexibility index (Phi) is 12.8. The highest BCUT2D eigenvalue weighted by Crippen LogP contribution is 2.19. The van der Waals surface area contributed by atoms with Crippen LogP contribution in [0.2, 0.25) is 0 Å². The van der Waals surface area contributed by atoms with E-state index in [-0.39, 0.29) is 44.6 Å². The molecule has 3 aromatic heterocycles. The molecular weight excluding hydrogens is 654 g/mol. The molecule has 0 fully saturated rings. The summed E-state index contributed by atoms with van der Waals surface area (Å²) in [6, 6.07) is 2.55. The lowest BCUT2D eigenvalue weighted by molar-refractivity contribution is -0.142. The summed E-state index contributed by atoms with van der Waals surface area (Å²) in [4.78, 5) is 83.2. The number of carboxylic acids is 1. The first kappa shape index (κ1) is 36.1. The number of aromatic amines is 2. The van der Waals surface area contributed by atoms with Gasteiger partial charge >= 0.3 is 5.97 Å². The van der Waals surface area contributed by atoms with Crippen molar-refractivity contribution in [2.75, 3.05) is 6.54 Å². The van der Waals surface area contributed by atoms with Gasteiger partial charge < -0.3 is 47.8 Å². The minimum Gasteiger partial charge on any atom is -0.480 e. The van der Waals surface area contributed by atoms with E-state index in [1.807, 2.05) is 24.3 Å². The SMILES string of the molecule is CC(=O)N[C@@H](Cc1cnc[nH]1)C(=O)NC(Cc1cscn1)C(=O)N[C@@H](CCCN=C(N)N)C(=O)N[C@@H](Cc1c[nH]c2ccccc12)C(=O)O. The molecule has 17 nitrogen and oxygen atoms in total. The quantitative estimate of drug-likeness (QED) is 0.0365. The van der Waals surface area contributed by atoms with E-state index < -0.39 is 53.8 Å². The lowest BCUT2D eigenvalue weighted by Crippen LogP contribution is -2.58. The van der Waals surface area contributed by atoms with Gasteiger partial charge in [0.15, 0.2) is 5.96 Å². The summed E-state index contributed by atoms with van der Waals surface area (Å²) in [5.74, 6) is -4.00. The zero-order valence-corrected chi connectivity index (χ0v) is 27.5. The zero-order chi connectivity index (χ0) is 35.3. The Balaban J connectivity index is 1.53. The molecule has 260 valence electrons. The molecule has 1 unspecified atom stereocenters. The fraction of sp³-hybridized carbons (Fsp3) is 0.355. The molecule has 4 atom stereocenters. The van der Waals surface area contributed by atoms with Gasteiger partial charge in [-0.25, -0.2) is 14.8 Å². The Morgan fingerprint density at radius 1 is 0.918 bits per heavy atom. The second-order valence-corrected chi connectivity index (χ2v) is 12.0. The van der Waals surface area contributed by atoms with E-state index in [2.05, 4.69) is 46.2 Å². The molecule has 0 aliphatic heterocycles. The molecule has 0 spiro atoms. The molecule has 0 radical (unpaired) electrons. The molecule has 18 heteroatoms. The topological polar surface area (TPSA) is 275 Å². The van der Waals surface area contributed by atoms with Gasteiger partial charge in [-0.05, 0) is 24.5 Å². The molecule has 4 rings (SSSR count). The Hall–Kier alpha value is -5.78. The molecular formula is C31H39N11O6S. The summed E-state index contributed by atoms with van der Waals surface area (Å²) in [7, 11) is 0. The summed E-state index contributed by atoms with van der Waals surface area (Å²) in [5, 5.41) is 23.1. The van der Waals surface area contributed by atoms with Crippen molar-refractivity contribution >= 4 is 57.8 Å². The minimum atomic E-state index is -1.32. The van der Waals surface area contributed by atoms with Crippen LogP contribution < -0.4 is 32.7 Å². The number of aliphatic carboxylic acids is 1. The molecule has 0 saturated carbocycles. The summed E-state index contributed by atoms with van der Waals surface area (Å²) < 4.78 is 0. The molecule has 3 heterocycles. The third-order valence-corrected chi connectivity index (χ3v) is 8.13. The van der Waals surface area contributed by atoms with Crippen molar-refractivity contribution < 1.29 is 29.1 Å². The van der Waals surface area contributed by atoms with Crippen LogP contribution in [0.5, 0.6) is 0 Å². The molecule has 0 saturated heterocycles. The van der Waals surface area contributed by atoms with Gasteiger partial charge in [-0.1, -0.05) is 18.2 Å². The number of guanidine groups is 1. The number of amides is 4. The average molecular weight is 694 g/mol. The van der Waals surface area contributed by atoms with Gasteiger partial charge in [-0.15, -0.1) is 11.3 Å². The van der Waals surface area contributed by atoms with E-state index in [1.165, 1.54) is 30.8 Å². The number of H-pyrrole nitrogens is 2. The maximum Gasteiger partial charge on any atom is 0.326 e. The Morgan fingerprint density at radius 2 is 1.61 bits per heavy atom. The fourth-order valence-corrected chi connectivity index (χ4v) is 5.71. The molecule has 4 amide bonds. The number of hydrogen-bond acceptors (Lipinski definition) is 9. The number of nitrogens with zero attached hydrogens (tertiary/aromatic N) is 3. The van der Waals surface area contributed by atoms with E-state index in [4.69, 9.17) is 11.5 Å². The van der Waals surface area contributed by atoms with Gasteiger partial charge in [0.25, 0.3) is 0 Å². The summed E-state index contributed by atoms with van der Waals surface area (Å²) in [6.45, 7) is 1.41. The number of imidazole rings is 1. The lowest BCUT2D eigenvalue weighted by atomic mass is 10.0. The fourth-order valence-electron chi connectivity index (χ4n) is 5.14. The van der Waals surface area contributed by atoms with Crippen LogP contribution in [-0.2, 0) is 43.2 Å². The number of aliphatic imine (C=N–C) groups is 1. The van der Waals surface area contributed by atoms with Crippen LogP contribution in [0.3, 0.4) is 0 Å². The van der Waals surface area contributed by atoms with Gasteiger partial charge in [0.1, 0.15) is 24.2 Å². The second-order valence-electron chi connectivity index (χ2n) is 11.3. The largest absolute Gasteiger partial charge is 0.480 e. The van der Waals surface area contributed by atoms with Crippen molar-refractivity contribution in [3.63, 3.8) is 0 Å². The number of carbonyl (C=O) groups is 5. The maximum atomic E-state index is 13.8. The highest BCUT2D eigenvalue weighted by Gasteiger charge is 2.32. The smallest absolute Gasteiger partial charge is 0.326 e. The van der Waals surface area contributed by atoms with Gasteiger partial charge in [0.05, 0.1) is 17.5 Å². The number of carboxylic acid groups (broad SMARTS) is 1. The number of nitrogens with one attached hydrogen (secondary N) is 6. The normalized spacial score (nSPS) is 13.4. The van der Waals surface area contributed by atoms with Crippen LogP contribution in [0.1, 0.15) is 36.7 Å². The second kappa shape index (κ2) is 17.4. The Bertz CT molecular complexity index is 1750. The molecule has 0 aliphatic rings. The van der Waals surface area contributed by atoms with E-state index in [0.29, 0.717) is 17.0 Å². The van der Waals surface area contributed by atoms with Gasteiger partial charge in [0, 0.05) is 67.1 Å². The Morgan fingerprint density at radius 3 is 2.27 bits per heavy atom. The monoisotopic (exact) mass is 693 g/mol. The number of thiazole rings is 1. The predicted molar refractivity (Wildman–Crippen MR) is 181 cm³/mol. The molecule has 4 aromatic rings. The maximum absolute atomic E-state index is 13.8. The van der Waals surface area contributed by atoms with Gasteiger partial charge in [0.2, 0.25) is 23.6 Å². The van der Waals surface area contributed by atoms with Crippen LogP contribution in [-0.4, -0.2) is 91.3 Å². The van der Waals surface area contributed by atoms with Crippen molar-refractivity contribution in [3.05, 3.63) is 70.8 Å².